The van der Waals surface area contributed by atoms with Crippen molar-refractivity contribution >= 4 is 11.3 Å². The molecule has 0 saturated heterocycles. The molecule has 0 radical (unpaired) electrons. The van der Waals surface area contributed by atoms with Crippen molar-refractivity contribution in [2.75, 3.05) is 14.2 Å². The first-order valence-electron chi connectivity index (χ1n) is 8.85. The van der Waals surface area contributed by atoms with Crippen molar-refractivity contribution in [2.45, 2.75) is 65.3 Å². The van der Waals surface area contributed by atoms with Crippen LogP contribution in [0.25, 0.3) is 11.3 Å². The third-order valence-corrected chi connectivity index (χ3v) is 5.60. The predicted octanol–water partition coefficient (Wildman–Crippen LogP) is 5.69. The van der Waals surface area contributed by atoms with Crippen molar-refractivity contribution in [3.05, 3.63) is 33.6 Å². The predicted molar refractivity (Wildman–Crippen MR) is 109 cm³/mol. The van der Waals surface area contributed by atoms with Gasteiger partial charge in [-0.05, 0) is 36.4 Å². The lowest BCUT2D eigenvalue weighted by Gasteiger charge is -2.28. The standard InChI is InChI=1S/C21H32N2OS/c1-13(22-8)19-23-17(12-25-19)15-10-14(20(2,3)4)11-16(18(15)24-9)21(5,6)7/h10-13,22H,1-9H3. The quantitative estimate of drug-likeness (QED) is 0.760. The minimum atomic E-state index is -0.00152. The highest BCUT2D eigenvalue weighted by Crippen LogP contribution is 2.43. The van der Waals surface area contributed by atoms with E-state index in [2.05, 4.69) is 71.3 Å². The Morgan fingerprint density at radius 2 is 1.72 bits per heavy atom. The summed E-state index contributed by atoms with van der Waals surface area (Å²) < 4.78 is 5.87. The van der Waals surface area contributed by atoms with E-state index < -0.39 is 0 Å². The number of nitrogens with one attached hydrogen (secondary N) is 1. The van der Waals surface area contributed by atoms with Crippen LogP contribution in [0.4, 0.5) is 0 Å². The molecule has 138 valence electrons. The molecule has 1 heterocycles. The van der Waals surface area contributed by atoms with Crippen LogP contribution in [-0.2, 0) is 10.8 Å². The number of aromatic nitrogens is 1. The van der Waals surface area contributed by atoms with Gasteiger partial charge >= 0.3 is 0 Å². The highest BCUT2D eigenvalue weighted by molar-refractivity contribution is 7.10. The van der Waals surface area contributed by atoms with E-state index in [0.717, 1.165) is 22.0 Å². The molecule has 1 unspecified atom stereocenters. The van der Waals surface area contributed by atoms with Gasteiger partial charge in [-0.15, -0.1) is 11.3 Å². The Morgan fingerprint density at radius 3 is 2.20 bits per heavy atom. The highest BCUT2D eigenvalue weighted by atomic mass is 32.1. The fourth-order valence-corrected chi connectivity index (χ4v) is 3.65. The molecule has 2 aromatic rings. The number of hydrogen-bond acceptors (Lipinski definition) is 4. The van der Waals surface area contributed by atoms with Gasteiger partial charge < -0.3 is 10.1 Å². The maximum atomic E-state index is 5.87. The van der Waals surface area contributed by atoms with E-state index >= 15 is 0 Å². The molecule has 0 amide bonds. The van der Waals surface area contributed by atoms with E-state index in [1.807, 2.05) is 7.05 Å². The van der Waals surface area contributed by atoms with Crippen molar-refractivity contribution in [1.82, 2.24) is 10.3 Å². The molecule has 0 aliphatic rings. The minimum absolute atomic E-state index is 0.00152. The lowest BCUT2D eigenvalue weighted by molar-refractivity contribution is 0.398. The van der Waals surface area contributed by atoms with Gasteiger partial charge in [0.25, 0.3) is 0 Å². The first-order chi connectivity index (χ1) is 11.5. The Labute approximate surface area is 156 Å². The third-order valence-electron chi connectivity index (χ3n) is 4.57. The van der Waals surface area contributed by atoms with Gasteiger partial charge in [0, 0.05) is 16.5 Å². The lowest BCUT2D eigenvalue weighted by Crippen LogP contribution is -2.18. The van der Waals surface area contributed by atoms with Crippen LogP contribution >= 0.6 is 11.3 Å². The van der Waals surface area contributed by atoms with Gasteiger partial charge in [0.05, 0.1) is 18.8 Å². The van der Waals surface area contributed by atoms with E-state index in [0.29, 0.717) is 0 Å². The largest absolute Gasteiger partial charge is 0.496 e. The molecule has 0 aliphatic carbocycles. The molecular formula is C21H32N2OS. The van der Waals surface area contributed by atoms with E-state index in [1.54, 1.807) is 18.4 Å². The van der Waals surface area contributed by atoms with Crippen LogP contribution < -0.4 is 10.1 Å². The van der Waals surface area contributed by atoms with Crippen LogP contribution in [-0.4, -0.2) is 19.1 Å². The van der Waals surface area contributed by atoms with Crippen molar-refractivity contribution in [1.29, 1.82) is 0 Å². The van der Waals surface area contributed by atoms with Gasteiger partial charge in [0.15, 0.2) is 0 Å². The number of rotatable bonds is 4. The molecule has 1 aromatic heterocycles. The fourth-order valence-electron chi connectivity index (χ4n) is 2.76. The Kier molecular flexibility index (Phi) is 5.65. The van der Waals surface area contributed by atoms with Gasteiger partial charge in [-0.3, -0.25) is 0 Å². The number of thiazole rings is 1. The highest BCUT2D eigenvalue weighted by Gasteiger charge is 2.27. The first kappa shape index (κ1) is 19.9. The lowest BCUT2D eigenvalue weighted by atomic mass is 9.78. The molecular weight excluding hydrogens is 328 g/mol. The molecule has 4 heteroatoms. The molecule has 0 aliphatic heterocycles. The molecule has 1 atom stereocenters. The zero-order valence-corrected chi connectivity index (χ0v) is 17.9. The average Bonchev–Trinajstić information content (AvgIpc) is 3.00. The Morgan fingerprint density at radius 1 is 1.08 bits per heavy atom. The van der Waals surface area contributed by atoms with Crippen molar-refractivity contribution in [3.63, 3.8) is 0 Å². The molecule has 2 rings (SSSR count). The zero-order chi connectivity index (χ0) is 19.0. The summed E-state index contributed by atoms with van der Waals surface area (Å²) in [6, 6.07) is 4.79. The number of hydrogen-bond donors (Lipinski definition) is 1. The van der Waals surface area contributed by atoms with E-state index in [1.165, 1.54) is 11.1 Å². The van der Waals surface area contributed by atoms with Gasteiger partial charge in [-0.25, -0.2) is 4.98 Å². The topological polar surface area (TPSA) is 34.2 Å². The third kappa shape index (κ3) is 4.24. The van der Waals surface area contributed by atoms with Crippen molar-refractivity contribution in [3.8, 4) is 17.0 Å². The van der Waals surface area contributed by atoms with Gasteiger partial charge in [-0.2, -0.15) is 0 Å². The molecule has 1 aromatic carbocycles. The molecule has 1 N–H and O–H groups in total. The second-order valence-electron chi connectivity index (χ2n) is 8.69. The van der Waals surface area contributed by atoms with Crippen LogP contribution in [0.3, 0.4) is 0 Å². The Bertz CT molecular complexity index is 735. The second kappa shape index (κ2) is 7.08. The molecule has 0 bridgehead atoms. The Hall–Kier alpha value is -1.39. The van der Waals surface area contributed by atoms with Crippen LogP contribution in [0.2, 0.25) is 0 Å². The summed E-state index contributed by atoms with van der Waals surface area (Å²) in [4.78, 5) is 4.88. The zero-order valence-electron chi connectivity index (χ0n) is 17.1. The van der Waals surface area contributed by atoms with Crippen molar-refractivity contribution in [2.24, 2.45) is 0 Å². The molecule has 0 spiro atoms. The maximum Gasteiger partial charge on any atom is 0.132 e. The summed E-state index contributed by atoms with van der Waals surface area (Å²) >= 11 is 1.69. The molecule has 3 nitrogen and oxygen atoms in total. The summed E-state index contributed by atoms with van der Waals surface area (Å²) in [6.45, 7) is 15.6. The number of methoxy groups -OCH3 is 1. The molecule has 25 heavy (non-hydrogen) atoms. The smallest absolute Gasteiger partial charge is 0.132 e. The van der Waals surface area contributed by atoms with Crippen LogP contribution in [0, 0.1) is 0 Å². The van der Waals surface area contributed by atoms with E-state index in [4.69, 9.17) is 9.72 Å². The van der Waals surface area contributed by atoms with Gasteiger partial charge in [0.1, 0.15) is 10.8 Å². The second-order valence-corrected chi connectivity index (χ2v) is 9.58. The summed E-state index contributed by atoms with van der Waals surface area (Å²) in [6.07, 6.45) is 0. The first-order valence-corrected chi connectivity index (χ1v) is 9.73. The molecule has 0 fully saturated rings. The van der Waals surface area contributed by atoms with Crippen LogP contribution in [0.5, 0.6) is 5.75 Å². The van der Waals surface area contributed by atoms with Gasteiger partial charge in [0.2, 0.25) is 0 Å². The van der Waals surface area contributed by atoms with Crippen molar-refractivity contribution < 1.29 is 4.74 Å². The summed E-state index contributed by atoms with van der Waals surface area (Å²) in [5.74, 6) is 0.939. The monoisotopic (exact) mass is 360 g/mol. The Balaban J connectivity index is 2.73. The van der Waals surface area contributed by atoms with E-state index in [9.17, 15) is 0 Å². The van der Waals surface area contributed by atoms with Gasteiger partial charge in [-0.1, -0.05) is 47.6 Å². The normalized spacial score (nSPS) is 13.8. The number of ether oxygens (including phenoxy) is 1. The summed E-state index contributed by atoms with van der Waals surface area (Å²) in [5.41, 5.74) is 4.69. The molecule has 0 saturated carbocycles. The number of nitrogens with zero attached hydrogens (tertiary/aromatic N) is 1. The van der Waals surface area contributed by atoms with Crippen LogP contribution in [0.15, 0.2) is 17.5 Å². The SMILES string of the molecule is CNC(C)c1nc(-c2cc(C(C)(C)C)cc(C(C)(C)C)c2OC)cs1. The van der Waals surface area contributed by atoms with Crippen LogP contribution in [0.1, 0.15) is 70.6 Å². The van der Waals surface area contributed by atoms with E-state index in [-0.39, 0.29) is 16.9 Å². The minimum Gasteiger partial charge on any atom is -0.496 e. The maximum absolute atomic E-state index is 5.87. The average molecular weight is 361 g/mol. The summed E-state index contributed by atoms with van der Waals surface area (Å²) in [7, 11) is 3.72. The number of benzene rings is 1. The fraction of sp³-hybridized carbons (Fsp3) is 0.571. The summed E-state index contributed by atoms with van der Waals surface area (Å²) in [5, 5.41) is 6.50.